The number of carboxylic acids is 1. The standard InChI is InChI=1S/C14H12F3N3O4S/c15-14(16,17)9-3-1-8(2-4-9)13-19-11(24-20-13)5-18-10(21)6-25-7-12(22)23/h1-4H,5-7H2,(H,18,21)(H,22,23). The summed E-state index contributed by atoms with van der Waals surface area (Å²) in [4.78, 5) is 25.8. The van der Waals surface area contributed by atoms with Gasteiger partial charge in [0.05, 0.1) is 23.6 Å². The van der Waals surface area contributed by atoms with Crippen LogP contribution < -0.4 is 5.32 Å². The molecule has 0 aliphatic carbocycles. The van der Waals surface area contributed by atoms with Crippen molar-refractivity contribution in [2.75, 3.05) is 11.5 Å². The third kappa shape index (κ3) is 5.78. The van der Waals surface area contributed by atoms with E-state index in [0.29, 0.717) is 5.56 Å². The van der Waals surface area contributed by atoms with Crippen LogP contribution in [0.25, 0.3) is 11.4 Å². The van der Waals surface area contributed by atoms with Gasteiger partial charge in [-0.3, -0.25) is 9.59 Å². The molecule has 0 saturated carbocycles. The number of halogens is 3. The van der Waals surface area contributed by atoms with E-state index in [-0.39, 0.29) is 29.8 Å². The minimum Gasteiger partial charge on any atom is -0.481 e. The lowest BCUT2D eigenvalue weighted by atomic mass is 10.1. The largest absolute Gasteiger partial charge is 0.481 e. The van der Waals surface area contributed by atoms with Crippen LogP contribution in [0.1, 0.15) is 11.5 Å². The molecule has 134 valence electrons. The van der Waals surface area contributed by atoms with Gasteiger partial charge in [-0.25, -0.2) is 0 Å². The molecule has 1 heterocycles. The van der Waals surface area contributed by atoms with Crippen molar-refractivity contribution in [3.63, 3.8) is 0 Å². The number of nitrogens with one attached hydrogen (secondary N) is 1. The molecule has 1 amide bonds. The van der Waals surface area contributed by atoms with E-state index < -0.39 is 23.6 Å². The minimum absolute atomic E-state index is 0.0355. The number of aromatic nitrogens is 2. The second kappa shape index (κ2) is 8.01. The Balaban J connectivity index is 1.89. The van der Waals surface area contributed by atoms with Crippen LogP contribution in [0, 0.1) is 0 Å². The summed E-state index contributed by atoms with van der Waals surface area (Å²) in [7, 11) is 0. The summed E-state index contributed by atoms with van der Waals surface area (Å²) in [6, 6.07) is 4.26. The Morgan fingerprint density at radius 3 is 2.48 bits per heavy atom. The molecule has 25 heavy (non-hydrogen) atoms. The molecule has 0 atom stereocenters. The molecule has 0 bridgehead atoms. The summed E-state index contributed by atoms with van der Waals surface area (Å²) in [6.45, 7) is -0.0693. The third-order valence-corrected chi connectivity index (χ3v) is 3.75. The summed E-state index contributed by atoms with van der Waals surface area (Å²) in [5.74, 6) is -1.47. The van der Waals surface area contributed by atoms with Crippen molar-refractivity contribution in [2.24, 2.45) is 0 Å². The molecule has 0 spiro atoms. The number of carbonyl (C=O) groups is 2. The van der Waals surface area contributed by atoms with Crippen LogP contribution in [0.15, 0.2) is 28.8 Å². The van der Waals surface area contributed by atoms with Crippen LogP contribution in [0.3, 0.4) is 0 Å². The fourth-order valence-electron chi connectivity index (χ4n) is 1.71. The molecule has 0 radical (unpaired) electrons. The van der Waals surface area contributed by atoms with E-state index >= 15 is 0 Å². The third-order valence-electron chi connectivity index (χ3n) is 2.83. The summed E-state index contributed by atoms with van der Waals surface area (Å²) >= 11 is 0.940. The molecule has 2 N–H and O–H groups in total. The van der Waals surface area contributed by atoms with Gasteiger partial charge in [0.15, 0.2) is 0 Å². The average Bonchev–Trinajstić information content (AvgIpc) is 3.01. The number of thioether (sulfide) groups is 1. The summed E-state index contributed by atoms with van der Waals surface area (Å²) in [5, 5.41) is 14.6. The Hall–Kier alpha value is -2.56. The summed E-state index contributed by atoms with van der Waals surface area (Å²) < 4.78 is 42.4. The monoisotopic (exact) mass is 375 g/mol. The molecule has 0 aliphatic rings. The van der Waals surface area contributed by atoms with E-state index in [1.165, 1.54) is 12.1 Å². The van der Waals surface area contributed by atoms with Crippen molar-refractivity contribution in [3.8, 4) is 11.4 Å². The fourth-order valence-corrected chi connectivity index (χ4v) is 2.27. The zero-order chi connectivity index (χ0) is 18.4. The number of nitrogens with zero attached hydrogens (tertiary/aromatic N) is 2. The maximum Gasteiger partial charge on any atom is 0.416 e. The van der Waals surface area contributed by atoms with Crippen LogP contribution in [0.5, 0.6) is 0 Å². The molecular weight excluding hydrogens is 363 g/mol. The van der Waals surface area contributed by atoms with Gasteiger partial charge in [0, 0.05) is 5.56 Å². The fraction of sp³-hybridized carbons (Fsp3) is 0.286. The molecule has 11 heteroatoms. The Labute approximate surface area is 143 Å². The smallest absolute Gasteiger partial charge is 0.416 e. The topological polar surface area (TPSA) is 105 Å². The molecular formula is C14H12F3N3O4S. The average molecular weight is 375 g/mol. The van der Waals surface area contributed by atoms with E-state index in [1.807, 2.05) is 0 Å². The van der Waals surface area contributed by atoms with Gasteiger partial charge in [-0.05, 0) is 12.1 Å². The summed E-state index contributed by atoms with van der Waals surface area (Å²) in [5.41, 5.74) is -0.447. The van der Waals surface area contributed by atoms with Gasteiger partial charge in [-0.15, -0.1) is 11.8 Å². The minimum atomic E-state index is -4.43. The van der Waals surface area contributed by atoms with Gasteiger partial charge in [0.1, 0.15) is 0 Å². The molecule has 1 aromatic carbocycles. The number of benzene rings is 1. The van der Waals surface area contributed by atoms with E-state index in [4.69, 9.17) is 9.63 Å². The molecule has 0 fully saturated rings. The van der Waals surface area contributed by atoms with Crippen LogP contribution >= 0.6 is 11.8 Å². The highest BCUT2D eigenvalue weighted by atomic mass is 32.2. The maximum atomic E-state index is 12.5. The Bertz CT molecular complexity index is 747. The lowest BCUT2D eigenvalue weighted by Crippen LogP contribution is -2.25. The summed E-state index contributed by atoms with van der Waals surface area (Å²) in [6.07, 6.45) is -4.43. The Morgan fingerprint density at radius 1 is 1.20 bits per heavy atom. The molecule has 2 rings (SSSR count). The number of hydrogen-bond donors (Lipinski definition) is 2. The molecule has 1 aromatic heterocycles. The highest BCUT2D eigenvalue weighted by Crippen LogP contribution is 2.30. The van der Waals surface area contributed by atoms with Gasteiger partial charge < -0.3 is 14.9 Å². The number of hydrogen-bond acceptors (Lipinski definition) is 6. The van der Waals surface area contributed by atoms with Gasteiger partial charge in [-0.2, -0.15) is 18.2 Å². The van der Waals surface area contributed by atoms with Gasteiger partial charge in [-0.1, -0.05) is 17.3 Å². The van der Waals surface area contributed by atoms with E-state index in [0.717, 1.165) is 23.9 Å². The maximum absolute atomic E-state index is 12.5. The first-order valence-corrected chi connectivity index (χ1v) is 7.97. The normalized spacial score (nSPS) is 11.3. The van der Waals surface area contributed by atoms with E-state index in [9.17, 15) is 22.8 Å². The second-order valence-electron chi connectivity index (χ2n) is 4.75. The molecule has 2 aromatic rings. The molecule has 0 aliphatic heterocycles. The van der Waals surface area contributed by atoms with Gasteiger partial charge in [0.2, 0.25) is 17.6 Å². The first kappa shape index (κ1) is 18.8. The van der Waals surface area contributed by atoms with Crippen LogP contribution in [-0.2, 0) is 22.3 Å². The van der Waals surface area contributed by atoms with Crippen LogP contribution in [0.2, 0.25) is 0 Å². The molecule has 0 saturated heterocycles. The quantitative estimate of drug-likeness (QED) is 0.764. The molecule has 0 unspecified atom stereocenters. The van der Waals surface area contributed by atoms with E-state index in [2.05, 4.69) is 15.5 Å². The predicted octanol–water partition coefficient (Wildman–Crippen LogP) is 2.19. The lowest BCUT2D eigenvalue weighted by molar-refractivity contribution is -0.137. The Kier molecular flexibility index (Phi) is 6.02. The number of carbonyl (C=O) groups excluding carboxylic acids is 1. The number of rotatable bonds is 7. The van der Waals surface area contributed by atoms with Crippen molar-refractivity contribution in [3.05, 3.63) is 35.7 Å². The van der Waals surface area contributed by atoms with Crippen molar-refractivity contribution >= 4 is 23.6 Å². The zero-order valence-corrected chi connectivity index (χ0v) is 13.4. The number of amides is 1. The van der Waals surface area contributed by atoms with Gasteiger partial charge >= 0.3 is 12.1 Å². The predicted molar refractivity (Wildman–Crippen MR) is 81.5 cm³/mol. The van der Waals surface area contributed by atoms with Gasteiger partial charge in [0.25, 0.3) is 0 Å². The van der Waals surface area contributed by atoms with Crippen molar-refractivity contribution in [1.82, 2.24) is 15.5 Å². The highest BCUT2D eigenvalue weighted by molar-refractivity contribution is 8.00. The van der Waals surface area contributed by atoms with Crippen LogP contribution in [0.4, 0.5) is 13.2 Å². The van der Waals surface area contributed by atoms with Crippen molar-refractivity contribution < 1.29 is 32.4 Å². The lowest BCUT2D eigenvalue weighted by Gasteiger charge is -2.05. The van der Waals surface area contributed by atoms with Crippen molar-refractivity contribution in [1.29, 1.82) is 0 Å². The highest BCUT2D eigenvalue weighted by Gasteiger charge is 2.30. The SMILES string of the molecule is O=C(O)CSCC(=O)NCc1nc(-c2ccc(C(F)(F)F)cc2)no1. The molecule has 7 nitrogen and oxygen atoms in total. The number of alkyl halides is 3. The first-order chi connectivity index (χ1) is 11.8. The number of aliphatic carboxylic acids is 1. The van der Waals surface area contributed by atoms with E-state index in [1.54, 1.807) is 0 Å². The second-order valence-corrected chi connectivity index (χ2v) is 5.74. The van der Waals surface area contributed by atoms with Crippen molar-refractivity contribution in [2.45, 2.75) is 12.7 Å². The zero-order valence-electron chi connectivity index (χ0n) is 12.5. The first-order valence-electron chi connectivity index (χ1n) is 6.82. The van der Waals surface area contributed by atoms with Crippen LogP contribution in [-0.4, -0.2) is 38.6 Å². The Morgan fingerprint density at radius 2 is 1.88 bits per heavy atom. The number of carboxylic acid groups (broad SMARTS) is 1.